The number of hydrogen-bond donors (Lipinski definition) is 0. The summed E-state index contributed by atoms with van der Waals surface area (Å²) in [6.45, 7) is 3.18. The highest BCUT2D eigenvalue weighted by atomic mass is 31.1. The Balaban J connectivity index is 0.000000255. The Kier molecular flexibility index (Phi) is 7.20. The van der Waals surface area contributed by atoms with E-state index in [0.29, 0.717) is 0 Å². The summed E-state index contributed by atoms with van der Waals surface area (Å²) in [4.78, 5) is 0. The zero-order valence-corrected chi connectivity index (χ0v) is 9.90. The number of aromatic nitrogens is 2. The van der Waals surface area contributed by atoms with E-state index in [-0.39, 0.29) is 0 Å². The van der Waals surface area contributed by atoms with Crippen molar-refractivity contribution in [2.45, 2.75) is 13.5 Å². The molecule has 0 saturated carbocycles. The quantitative estimate of drug-likeness (QED) is 0.569. The maximum Gasteiger partial charge on any atom is 0.696 e. The molecule has 80 valence electrons. The first-order valence-corrected chi connectivity index (χ1v) is 5.30. The molecule has 0 aliphatic carbocycles. The standard InChI is InChI=1S/C6H11N2.C2H6O3P/c1-3-8-5-4-7(2)6-8;1-4-6(3)5-2/h4-6H,3H2,1-2H3;1-2H3/q2*+1. The first kappa shape index (κ1) is 13.2. The molecule has 5 nitrogen and oxygen atoms in total. The van der Waals surface area contributed by atoms with Crippen LogP contribution in [0.15, 0.2) is 18.7 Å². The zero-order valence-electron chi connectivity index (χ0n) is 9.01. The van der Waals surface area contributed by atoms with E-state index in [1.54, 1.807) is 0 Å². The van der Waals surface area contributed by atoms with Gasteiger partial charge in [0.15, 0.2) is 0 Å². The molecule has 0 aliphatic heterocycles. The fourth-order valence-electron chi connectivity index (χ4n) is 0.763. The van der Waals surface area contributed by atoms with Crippen LogP contribution in [0.5, 0.6) is 0 Å². The van der Waals surface area contributed by atoms with Gasteiger partial charge in [0, 0.05) is 4.57 Å². The molecule has 0 bridgehead atoms. The summed E-state index contributed by atoms with van der Waals surface area (Å²) in [5.74, 6) is 0. The molecule has 0 unspecified atom stereocenters. The van der Waals surface area contributed by atoms with E-state index in [1.165, 1.54) is 14.2 Å². The summed E-state index contributed by atoms with van der Waals surface area (Å²) in [6.07, 6.45) is 6.14. The van der Waals surface area contributed by atoms with Gasteiger partial charge in [-0.1, -0.05) is 0 Å². The molecule has 0 radical (unpaired) electrons. The molecule has 6 heteroatoms. The molecule has 14 heavy (non-hydrogen) atoms. The minimum Gasteiger partial charge on any atom is -0.240 e. The Morgan fingerprint density at radius 3 is 2.14 bits per heavy atom. The molecule has 0 amide bonds. The van der Waals surface area contributed by atoms with Crippen LogP contribution in [0.4, 0.5) is 0 Å². The third-order valence-electron chi connectivity index (χ3n) is 1.49. The second-order valence-corrected chi connectivity index (χ2v) is 3.68. The van der Waals surface area contributed by atoms with Crippen LogP contribution in [0.1, 0.15) is 6.92 Å². The first-order chi connectivity index (χ1) is 6.63. The molecule has 0 aromatic carbocycles. The maximum absolute atomic E-state index is 9.88. The summed E-state index contributed by atoms with van der Waals surface area (Å²) < 4.78 is 22.4. The van der Waals surface area contributed by atoms with Crippen molar-refractivity contribution in [3.05, 3.63) is 18.7 Å². The summed E-state index contributed by atoms with van der Waals surface area (Å²) in [5, 5.41) is 0. The zero-order chi connectivity index (χ0) is 11.0. The van der Waals surface area contributed by atoms with Crippen LogP contribution < -0.4 is 4.57 Å². The van der Waals surface area contributed by atoms with Crippen molar-refractivity contribution in [1.82, 2.24) is 4.57 Å². The number of aryl methyl sites for hydroxylation is 2. The maximum atomic E-state index is 9.88. The topological polar surface area (TPSA) is 44.3 Å². The van der Waals surface area contributed by atoms with E-state index in [9.17, 15) is 4.57 Å². The van der Waals surface area contributed by atoms with Gasteiger partial charge in [0.2, 0.25) is 6.33 Å². The molecule has 0 fully saturated rings. The van der Waals surface area contributed by atoms with Crippen molar-refractivity contribution in [2.24, 2.45) is 7.05 Å². The van der Waals surface area contributed by atoms with Crippen molar-refractivity contribution < 1.29 is 18.2 Å². The highest BCUT2D eigenvalue weighted by molar-refractivity contribution is 7.33. The molecule has 0 atom stereocenters. The van der Waals surface area contributed by atoms with E-state index < -0.39 is 8.25 Å². The third-order valence-corrected chi connectivity index (χ3v) is 2.08. The molecular formula is C8H17N2O3P+2. The minimum atomic E-state index is -1.83. The van der Waals surface area contributed by atoms with Gasteiger partial charge in [-0.05, 0) is 6.92 Å². The lowest BCUT2D eigenvalue weighted by Crippen LogP contribution is -2.23. The van der Waals surface area contributed by atoms with Crippen molar-refractivity contribution in [2.75, 3.05) is 14.2 Å². The van der Waals surface area contributed by atoms with Gasteiger partial charge in [-0.15, -0.1) is 9.05 Å². The molecule has 0 N–H and O–H groups in total. The van der Waals surface area contributed by atoms with Crippen LogP contribution >= 0.6 is 8.25 Å². The smallest absolute Gasteiger partial charge is 0.240 e. The lowest BCUT2D eigenvalue weighted by molar-refractivity contribution is -0.671. The summed E-state index contributed by atoms with van der Waals surface area (Å²) >= 11 is 0. The van der Waals surface area contributed by atoms with Gasteiger partial charge in [0.1, 0.15) is 12.4 Å². The molecule has 1 rings (SSSR count). The van der Waals surface area contributed by atoms with Crippen molar-refractivity contribution >= 4 is 8.25 Å². The summed E-state index contributed by atoms with van der Waals surface area (Å²) in [7, 11) is 2.84. The summed E-state index contributed by atoms with van der Waals surface area (Å²) in [6, 6.07) is 0. The molecule has 0 saturated heterocycles. The number of nitrogens with zero attached hydrogens (tertiary/aromatic N) is 2. The number of imidazole rings is 1. The predicted molar refractivity (Wildman–Crippen MR) is 52.9 cm³/mol. The SMILES string of the molecule is CCn1cc[n+](C)c1.CO[P+](=O)OC. The van der Waals surface area contributed by atoms with Gasteiger partial charge in [-0.3, -0.25) is 0 Å². The number of hydrogen-bond acceptors (Lipinski definition) is 3. The minimum absolute atomic E-state index is 1.06. The van der Waals surface area contributed by atoms with Gasteiger partial charge >= 0.3 is 8.25 Å². The highest BCUT2D eigenvalue weighted by Gasteiger charge is 2.10. The molecule has 1 heterocycles. The van der Waals surface area contributed by atoms with Gasteiger partial charge in [-0.2, -0.15) is 0 Å². The molecule has 0 spiro atoms. The van der Waals surface area contributed by atoms with E-state index in [2.05, 4.69) is 33.1 Å². The van der Waals surface area contributed by atoms with Crippen LogP contribution in [0.2, 0.25) is 0 Å². The normalized spacial score (nSPS) is 9.14. The average Bonchev–Trinajstić information content (AvgIpc) is 2.64. The van der Waals surface area contributed by atoms with Crippen molar-refractivity contribution in [1.29, 1.82) is 0 Å². The second-order valence-electron chi connectivity index (χ2n) is 2.50. The van der Waals surface area contributed by atoms with Crippen LogP contribution in [0.3, 0.4) is 0 Å². The fraction of sp³-hybridized carbons (Fsp3) is 0.625. The van der Waals surface area contributed by atoms with E-state index in [4.69, 9.17) is 0 Å². The van der Waals surface area contributed by atoms with Gasteiger partial charge in [-0.25, -0.2) is 9.13 Å². The largest absolute Gasteiger partial charge is 0.696 e. The lowest BCUT2D eigenvalue weighted by Gasteiger charge is -1.81. The van der Waals surface area contributed by atoms with Crippen LogP contribution in [0, 0.1) is 0 Å². The van der Waals surface area contributed by atoms with Crippen molar-refractivity contribution in [3.63, 3.8) is 0 Å². The van der Waals surface area contributed by atoms with E-state index in [1.807, 2.05) is 17.8 Å². The van der Waals surface area contributed by atoms with Gasteiger partial charge in [0.05, 0.1) is 27.8 Å². The van der Waals surface area contributed by atoms with E-state index in [0.717, 1.165) is 6.54 Å². The van der Waals surface area contributed by atoms with Gasteiger partial charge in [0.25, 0.3) is 0 Å². The van der Waals surface area contributed by atoms with E-state index >= 15 is 0 Å². The Bertz CT molecular complexity index is 269. The summed E-state index contributed by atoms with van der Waals surface area (Å²) in [5.41, 5.74) is 0. The Morgan fingerprint density at radius 2 is 2.00 bits per heavy atom. The molecular weight excluding hydrogens is 203 g/mol. The van der Waals surface area contributed by atoms with Crippen molar-refractivity contribution in [3.8, 4) is 0 Å². The fourth-order valence-corrected chi connectivity index (χ4v) is 0.912. The molecule has 1 aromatic rings. The Hall–Kier alpha value is -0.770. The monoisotopic (exact) mass is 220 g/mol. The lowest BCUT2D eigenvalue weighted by atomic mass is 10.7. The average molecular weight is 220 g/mol. The molecule has 0 aliphatic rings. The van der Waals surface area contributed by atoms with Crippen LogP contribution in [0.25, 0.3) is 0 Å². The highest BCUT2D eigenvalue weighted by Crippen LogP contribution is 2.18. The predicted octanol–water partition coefficient (Wildman–Crippen LogP) is 1.27. The first-order valence-electron chi connectivity index (χ1n) is 4.20. The number of rotatable bonds is 3. The Labute approximate surface area is 85.2 Å². The van der Waals surface area contributed by atoms with Gasteiger partial charge < -0.3 is 0 Å². The van der Waals surface area contributed by atoms with Crippen LogP contribution in [-0.2, 0) is 27.2 Å². The second kappa shape index (κ2) is 7.62. The third kappa shape index (κ3) is 5.80. The van der Waals surface area contributed by atoms with Crippen LogP contribution in [-0.4, -0.2) is 18.8 Å². The Morgan fingerprint density at radius 1 is 1.43 bits per heavy atom. The molecule has 1 aromatic heterocycles.